The molecule has 25 heavy (non-hydrogen) atoms. The summed E-state index contributed by atoms with van der Waals surface area (Å²) in [6.07, 6.45) is 3.18. The van der Waals surface area contributed by atoms with Crippen LogP contribution in [-0.4, -0.2) is 32.6 Å². The maximum Gasteiger partial charge on any atom is 0.234 e. The first kappa shape index (κ1) is 20.0. The molecular weight excluding hydrogens is 342 g/mol. The van der Waals surface area contributed by atoms with E-state index in [0.717, 1.165) is 22.6 Å². The largest absolute Gasteiger partial charge is 0.497 e. The summed E-state index contributed by atoms with van der Waals surface area (Å²) in [7, 11) is 3.22. The van der Waals surface area contributed by atoms with E-state index in [9.17, 15) is 0 Å². The van der Waals surface area contributed by atoms with Crippen LogP contribution in [0.2, 0.25) is 0 Å². The van der Waals surface area contributed by atoms with Crippen LogP contribution in [-0.2, 0) is 0 Å². The number of nitrogens with two attached hydrogens (primary N) is 1. The zero-order valence-corrected chi connectivity index (χ0v) is 14.7. The Labute approximate surface area is 152 Å². The molecule has 7 nitrogen and oxygen atoms in total. The molecule has 8 heteroatoms. The molecule has 0 bridgehead atoms. The molecule has 0 saturated heterocycles. The molecule has 2 aromatic rings. The zero-order chi connectivity index (χ0) is 17.2. The van der Waals surface area contributed by atoms with Crippen molar-refractivity contribution < 1.29 is 9.47 Å². The van der Waals surface area contributed by atoms with Crippen LogP contribution in [0.1, 0.15) is 11.1 Å². The molecule has 0 aliphatic heterocycles. The molecule has 0 radical (unpaired) electrons. The maximum absolute atomic E-state index is 5.68. The van der Waals surface area contributed by atoms with Gasteiger partial charge in [-0.1, -0.05) is 24.3 Å². The molecule has 2 aromatic carbocycles. The first-order chi connectivity index (χ1) is 11.7. The van der Waals surface area contributed by atoms with Gasteiger partial charge in [-0.15, -0.1) is 17.5 Å². The number of ether oxygens (including phenoxy) is 2. The van der Waals surface area contributed by atoms with Gasteiger partial charge >= 0.3 is 0 Å². The lowest BCUT2D eigenvalue weighted by Crippen LogP contribution is -2.26. The summed E-state index contributed by atoms with van der Waals surface area (Å²) in [4.78, 5) is 0. The number of guanidine groups is 1. The van der Waals surface area contributed by atoms with Crippen molar-refractivity contribution in [3.8, 4) is 11.5 Å². The number of halogens is 1. The highest BCUT2D eigenvalue weighted by atomic mass is 35.5. The van der Waals surface area contributed by atoms with E-state index in [1.54, 1.807) is 26.6 Å². The topological polar surface area (TPSA) is 93.6 Å². The minimum absolute atomic E-state index is 0. The van der Waals surface area contributed by atoms with Crippen molar-refractivity contribution in [2.45, 2.75) is 0 Å². The summed E-state index contributed by atoms with van der Waals surface area (Å²) < 4.78 is 10.3. The predicted octanol–water partition coefficient (Wildman–Crippen LogP) is 2.40. The summed E-state index contributed by atoms with van der Waals surface area (Å²) in [5.74, 6) is 1.58. The molecule has 0 saturated carbocycles. The lowest BCUT2D eigenvalue weighted by molar-refractivity contribution is 0.414. The molecule has 0 atom stereocenters. The number of methoxy groups -OCH3 is 2. The minimum atomic E-state index is 0. The minimum Gasteiger partial charge on any atom is -0.497 e. The SMILES string of the molecule is COc1cccc(/C=N/N=C(N)N/N=C/c2cccc(OC)c2)c1.Cl. The third kappa shape index (κ3) is 6.92. The monoisotopic (exact) mass is 361 g/mol. The van der Waals surface area contributed by atoms with Gasteiger partial charge < -0.3 is 15.2 Å². The fraction of sp³-hybridized carbons (Fsp3) is 0.118. The molecule has 0 fully saturated rings. The van der Waals surface area contributed by atoms with E-state index < -0.39 is 0 Å². The van der Waals surface area contributed by atoms with E-state index in [4.69, 9.17) is 15.2 Å². The number of hydrogen-bond acceptors (Lipinski definition) is 5. The molecule has 0 heterocycles. The second-order valence-electron chi connectivity index (χ2n) is 4.65. The highest BCUT2D eigenvalue weighted by Gasteiger charge is 1.93. The van der Waals surface area contributed by atoms with Crippen LogP contribution in [0, 0.1) is 0 Å². The second-order valence-corrected chi connectivity index (χ2v) is 4.65. The van der Waals surface area contributed by atoms with E-state index in [0.29, 0.717) is 0 Å². The van der Waals surface area contributed by atoms with Crippen LogP contribution in [0.4, 0.5) is 0 Å². The average Bonchev–Trinajstić information content (AvgIpc) is 2.62. The summed E-state index contributed by atoms with van der Waals surface area (Å²) in [5, 5.41) is 11.7. The quantitative estimate of drug-likeness (QED) is 0.469. The zero-order valence-electron chi connectivity index (χ0n) is 13.9. The molecular formula is C17H20ClN5O2. The molecule has 0 aliphatic rings. The van der Waals surface area contributed by atoms with Crippen LogP contribution < -0.4 is 20.6 Å². The number of benzene rings is 2. The normalized spacial score (nSPS) is 11.4. The Morgan fingerprint density at radius 1 is 0.960 bits per heavy atom. The third-order valence-corrected chi connectivity index (χ3v) is 2.95. The number of hydrazone groups is 1. The van der Waals surface area contributed by atoms with Crippen molar-refractivity contribution in [3.63, 3.8) is 0 Å². The number of hydrogen-bond donors (Lipinski definition) is 2. The highest BCUT2D eigenvalue weighted by molar-refractivity contribution is 5.85. The van der Waals surface area contributed by atoms with Crippen molar-refractivity contribution in [2.24, 2.45) is 21.0 Å². The van der Waals surface area contributed by atoms with Crippen molar-refractivity contribution in [1.82, 2.24) is 5.43 Å². The summed E-state index contributed by atoms with van der Waals surface area (Å²) >= 11 is 0. The van der Waals surface area contributed by atoms with Gasteiger partial charge in [-0.3, -0.25) is 0 Å². The molecule has 3 N–H and O–H groups in total. The van der Waals surface area contributed by atoms with Crippen LogP contribution in [0.5, 0.6) is 11.5 Å². The smallest absolute Gasteiger partial charge is 0.234 e. The highest BCUT2D eigenvalue weighted by Crippen LogP contribution is 2.11. The van der Waals surface area contributed by atoms with E-state index in [1.165, 1.54) is 0 Å². The van der Waals surface area contributed by atoms with Gasteiger partial charge in [-0.25, -0.2) is 5.43 Å². The van der Waals surface area contributed by atoms with Gasteiger partial charge in [0.05, 0.1) is 26.6 Å². The van der Waals surface area contributed by atoms with Gasteiger partial charge in [-0.2, -0.15) is 10.2 Å². The Morgan fingerprint density at radius 3 is 2.08 bits per heavy atom. The Kier molecular flexibility index (Phi) is 8.53. The van der Waals surface area contributed by atoms with Crippen LogP contribution in [0.15, 0.2) is 63.8 Å². The van der Waals surface area contributed by atoms with E-state index in [2.05, 4.69) is 20.7 Å². The Balaban J connectivity index is 0.00000312. The molecule has 0 amide bonds. The first-order valence-electron chi connectivity index (χ1n) is 7.15. The molecule has 132 valence electrons. The van der Waals surface area contributed by atoms with Gasteiger partial charge in [0.25, 0.3) is 0 Å². The van der Waals surface area contributed by atoms with Crippen molar-refractivity contribution in [2.75, 3.05) is 14.2 Å². The summed E-state index contributed by atoms with van der Waals surface area (Å²) in [6, 6.07) is 14.9. The average molecular weight is 362 g/mol. The molecule has 0 aliphatic carbocycles. The maximum atomic E-state index is 5.68. The molecule has 0 aromatic heterocycles. The predicted molar refractivity (Wildman–Crippen MR) is 103 cm³/mol. The van der Waals surface area contributed by atoms with E-state index in [-0.39, 0.29) is 18.4 Å². The van der Waals surface area contributed by atoms with Crippen LogP contribution >= 0.6 is 12.4 Å². The second kappa shape index (κ2) is 10.7. The fourth-order valence-corrected chi connectivity index (χ4v) is 1.80. The Bertz CT molecular complexity index is 762. The molecule has 0 unspecified atom stereocenters. The van der Waals surface area contributed by atoms with Gasteiger partial charge in [0, 0.05) is 0 Å². The third-order valence-electron chi connectivity index (χ3n) is 2.95. The van der Waals surface area contributed by atoms with Crippen LogP contribution in [0.25, 0.3) is 0 Å². The number of rotatable bonds is 6. The van der Waals surface area contributed by atoms with E-state index >= 15 is 0 Å². The number of nitrogens with zero attached hydrogens (tertiary/aromatic N) is 3. The van der Waals surface area contributed by atoms with Gasteiger partial charge in [0.1, 0.15) is 11.5 Å². The molecule has 0 spiro atoms. The van der Waals surface area contributed by atoms with Gasteiger partial charge in [0.2, 0.25) is 5.96 Å². The fourth-order valence-electron chi connectivity index (χ4n) is 1.80. The first-order valence-corrected chi connectivity index (χ1v) is 7.15. The molecule has 2 rings (SSSR count). The lowest BCUT2D eigenvalue weighted by Gasteiger charge is -2.00. The van der Waals surface area contributed by atoms with Gasteiger partial charge in [0.15, 0.2) is 0 Å². The number of nitrogens with one attached hydrogen (secondary N) is 1. The van der Waals surface area contributed by atoms with Crippen molar-refractivity contribution in [1.29, 1.82) is 0 Å². The van der Waals surface area contributed by atoms with Gasteiger partial charge in [-0.05, 0) is 35.4 Å². The summed E-state index contributed by atoms with van der Waals surface area (Å²) in [6.45, 7) is 0. The lowest BCUT2D eigenvalue weighted by atomic mass is 10.2. The standard InChI is InChI=1S/C17H19N5O2.ClH/c1-23-15-7-3-5-13(9-15)11-19-21-17(18)22-20-12-14-6-4-8-16(10-14)24-2;/h3-12H,1-2H3,(H3,18,21,22);1H/b19-11+,20-12+;. The van der Waals surface area contributed by atoms with Crippen LogP contribution in [0.3, 0.4) is 0 Å². The van der Waals surface area contributed by atoms with Crippen molar-refractivity contribution >= 4 is 30.8 Å². The Hall–Kier alpha value is -3.06. The summed E-state index contributed by atoms with van der Waals surface area (Å²) in [5.41, 5.74) is 9.99. The van der Waals surface area contributed by atoms with Crippen molar-refractivity contribution in [3.05, 3.63) is 59.7 Å². The van der Waals surface area contributed by atoms with E-state index in [1.807, 2.05) is 48.5 Å². The Morgan fingerprint density at radius 2 is 1.52 bits per heavy atom.